The van der Waals surface area contributed by atoms with Gasteiger partial charge in [0, 0.05) is 11.7 Å². The highest BCUT2D eigenvalue weighted by Gasteiger charge is 2.15. The summed E-state index contributed by atoms with van der Waals surface area (Å²) in [5.74, 6) is 1.50. The third-order valence-corrected chi connectivity index (χ3v) is 3.36. The Kier molecular flexibility index (Phi) is 5.26. The van der Waals surface area contributed by atoms with Gasteiger partial charge in [-0.25, -0.2) is 0 Å². The summed E-state index contributed by atoms with van der Waals surface area (Å²) in [6, 6.07) is 2.48. The number of methoxy groups -OCH3 is 1. The number of pyridine rings is 1. The summed E-state index contributed by atoms with van der Waals surface area (Å²) in [6.07, 6.45) is 4.16. The van der Waals surface area contributed by atoms with Gasteiger partial charge in [-0.15, -0.1) is 0 Å². The molecule has 0 spiro atoms. The number of nitrogens with one attached hydrogen (secondary N) is 1. The van der Waals surface area contributed by atoms with Crippen molar-refractivity contribution in [1.82, 2.24) is 4.98 Å². The quantitative estimate of drug-likeness (QED) is 0.819. The smallest absolute Gasteiger partial charge is 0.160 e. The third kappa shape index (κ3) is 3.62. The van der Waals surface area contributed by atoms with Gasteiger partial charge in [0.25, 0.3) is 0 Å². The van der Waals surface area contributed by atoms with Gasteiger partial charge in [-0.1, -0.05) is 26.7 Å². The number of aromatic nitrogens is 1. The molecule has 0 aliphatic carbocycles. The minimum Gasteiger partial charge on any atom is -0.493 e. The molecular formula is C14H24N2O. The highest BCUT2D eigenvalue weighted by molar-refractivity contribution is 5.56. The van der Waals surface area contributed by atoms with E-state index in [0.717, 1.165) is 17.1 Å². The van der Waals surface area contributed by atoms with Gasteiger partial charge in [0.1, 0.15) is 0 Å². The predicted octanol–water partition coefficient (Wildman–Crippen LogP) is 3.64. The van der Waals surface area contributed by atoms with E-state index < -0.39 is 0 Å². The van der Waals surface area contributed by atoms with Gasteiger partial charge < -0.3 is 10.1 Å². The molecule has 0 aromatic carbocycles. The van der Waals surface area contributed by atoms with Crippen LogP contribution in [0.4, 0.5) is 5.69 Å². The van der Waals surface area contributed by atoms with E-state index in [4.69, 9.17) is 4.74 Å². The number of aryl methyl sites for hydroxylation is 1. The molecule has 17 heavy (non-hydrogen) atoms. The molecular weight excluding hydrogens is 212 g/mol. The second-order valence-corrected chi connectivity index (χ2v) is 4.54. The largest absolute Gasteiger partial charge is 0.493 e. The van der Waals surface area contributed by atoms with Crippen LogP contribution in [0.3, 0.4) is 0 Å². The maximum absolute atomic E-state index is 5.32. The van der Waals surface area contributed by atoms with Gasteiger partial charge in [0.05, 0.1) is 19.0 Å². The van der Waals surface area contributed by atoms with Crippen molar-refractivity contribution in [3.63, 3.8) is 0 Å². The maximum atomic E-state index is 5.32. The molecule has 1 aromatic heterocycles. The molecule has 0 saturated heterocycles. The van der Waals surface area contributed by atoms with Crippen molar-refractivity contribution in [3.8, 4) is 5.75 Å². The van der Waals surface area contributed by atoms with E-state index in [1.807, 2.05) is 13.0 Å². The van der Waals surface area contributed by atoms with Crippen LogP contribution >= 0.6 is 0 Å². The van der Waals surface area contributed by atoms with Crippen LogP contribution in [-0.4, -0.2) is 18.1 Å². The Morgan fingerprint density at radius 1 is 1.35 bits per heavy atom. The Labute approximate surface area is 105 Å². The fourth-order valence-corrected chi connectivity index (χ4v) is 2.18. The lowest BCUT2D eigenvalue weighted by Crippen LogP contribution is -2.25. The van der Waals surface area contributed by atoms with E-state index in [-0.39, 0.29) is 0 Å². The summed E-state index contributed by atoms with van der Waals surface area (Å²) in [6.45, 7) is 8.70. The summed E-state index contributed by atoms with van der Waals surface area (Å²) >= 11 is 0. The van der Waals surface area contributed by atoms with Crippen LogP contribution in [0.2, 0.25) is 0 Å². The van der Waals surface area contributed by atoms with Gasteiger partial charge in [0.2, 0.25) is 0 Å². The summed E-state index contributed by atoms with van der Waals surface area (Å²) < 4.78 is 5.32. The van der Waals surface area contributed by atoms with Gasteiger partial charge in [-0.2, -0.15) is 0 Å². The molecule has 0 saturated carbocycles. The number of nitrogens with zero attached hydrogens (tertiary/aromatic N) is 1. The molecule has 0 fully saturated rings. The normalized spacial score (nSPS) is 12.6. The SMILES string of the molecule is CCC(CC)C(C)Nc1cc(C)ncc1OC. The second-order valence-electron chi connectivity index (χ2n) is 4.54. The zero-order valence-electron chi connectivity index (χ0n) is 11.6. The summed E-state index contributed by atoms with van der Waals surface area (Å²) in [5.41, 5.74) is 2.05. The average Bonchev–Trinajstić information content (AvgIpc) is 2.31. The first-order chi connectivity index (χ1) is 8.12. The Balaban J connectivity index is 2.82. The molecule has 0 bridgehead atoms. The topological polar surface area (TPSA) is 34.2 Å². The summed E-state index contributed by atoms with van der Waals surface area (Å²) in [5, 5.41) is 3.54. The Morgan fingerprint density at radius 2 is 2.00 bits per heavy atom. The van der Waals surface area contributed by atoms with Crippen LogP contribution in [0.5, 0.6) is 5.75 Å². The van der Waals surface area contributed by atoms with Gasteiger partial charge in [0.15, 0.2) is 5.75 Å². The fourth-order valence-electron chi connectivity index (χ4n) is 2.18. The second kappa shape index (κ2) is 6.48. The van der Waals surface area contributed by atoms with Gasteiger partial charge >= 0.3 is 0 Å². The van der Waals surface area contributed by atoms with Crippen molar-refractivity contribution < 1.29 is 4.74 Å². The van der Waals surface area contributed by atoms with Crippen molar-refractivity contribution in [2.24, 2.45) is 5.92 Å². The monoisotopic (exact) mass is 236 g/mol. The van der Waals surface area contributed by atoms with E-state index in [2.05, 4.69) is 31.1 Å². The van der Waals surface area contributed by atoms with Gasteiger partial charge in [-0.3, -0.25) is 4.98 Å². The lowest BCUT2D eigenvalue weighted by atomic mass is 9.95. The number of hydrogen-bond acceptors (Lipinski definition) is 3. The molecule has 1 rings (SSSR count). The van der Waals surface area contributed by atoms with Crippen molar-refractivity contribution in [2.75, 3.05) is 12.4 Å². The Hall–Kier alpha value is -1.25. The fraction of sp³-hybridized carbons (Fsp3) is 0.643. The number of rotatable bonds is 6. The average molecular weight is 236 g/mol. The molecule has 1 N–H and O–H groups in total. The standard InChI is InChI=1S/C14H24N2O/c1-6-12(7-2)11(4)16-13-8-10(3)15-9-14(13)17-5/h8-9,11-12H,6-7H2,1-5H3,(H,15,16). The van der Waals surface area contributed by atoms with Crippen LogP contribution in [-0.2, 0) is 0 Å². The summed E-state index contributed by atoms with van der Waals surface area (Å²) in [7, 11) is 1.68. The van der Waals surface area contributed by atoms with E-state index in [1.165, 1.54) is 12.8 Å². The summed E-state index contributed by atoms with van der Waals surface area (Å²) in [4.78, 5) is 4.24. The molecule has 0 aliphatic heterocycles. The lowest BCUT2D eigenvalue weighted by molar-refractivity contribution is 0.408. The Bertz CT molecular complexity index is 348. The molecule has 3 heteroatoms. The van der Waals surface area contributed by atoms with Gasteiger partial charge in [-0.05, 0) is 25.8 Å². The molecule has 1 aromatic rings. The predicted molar refractivity (Wildman–Crippen MR) is 72.7 cm³/mol. The first kappa shape index (κ1) is 13.8. The minimum absolute atomic E-state index is 0.445. The zero-order valence-corrected chi connectivity index (χ0v) is 11.6. The lowest BCUT2D eigenvalue weighted by Gasteiger charge is -2.24. The van der Waals surface area contributed by atoms with Crippen molar-refractivity contribution in [3.05, 3.63) is 18.0 Å². The molecule has 0 amide bonds. The van der Waals surface area contributed by atoms with Crippen LogP contribution in [0, 0.1) is 12.8 Å². The molecule has 1 atom stereocenters. The van der Waals surface area contributed by atoms with E-state index in [1.54, 1.807) is 13.3 Å². The highest BCUT2D eigenvalue weighted by Crippen LogP contribution is 2.26. The van der Waals surface area contributed by atoms with Crippen molar-refractivity contribution in [1.29, 1.82) is 0 Å². The van der Waals surface area contributed by atoms with Crippen LogP contribution in [0.15, 0.2) is 12.3 Å². The van der Waals surface area contributed by atoms with Crippen LogP contribution in [0.25, 0.3) is 0 Å². The molecule has 1 unspecified atom stereocenters. The molecule has 0 radical (unpaired) electrons. The molecule has 3 nitrogen and oxygen atoms in total. The third-order valence-electron chi connectivity index (χ3n) is 3.36. The minimum atomic E-state index is 0.445. The molecule has 0 aliphatic rings. The van der Waals surface area contributed by atoms with E-state index in [9.17, 15) is 0 Å². The van der Waals surface area contributed by atoms with E-state index >= 15 is 0 Å². The molecule has 1 heterocycles. The first-order valence-corrected chi connectivity index (χ1v) is 6.39. The van der Waals surface area contributed by atoms with E-state index in [0.29, 0.717) is 12.0 Å². The van der Waals surface area contributed by atoms with Crippen molar-refractivity contribution >= 4 is 5.69 Å². The van der Waals surface area contributed by atoms with Crippen LogP contribution in [0.1, 0.15) is 39.3 Å². The number of anilines is 1. The number of ether oxygens (including phenoxy) is 1. The number of hydrogen-bond donors (Lipinski definition) is 1. The zero-order chi connectivity index (χ0) is 12.8. The van der Waals surface area contributed by atoms with Crippen LogP contribution < -0.4 is 10.1 Å². The highest BCUT2D eigenvalue weighted by atomic mass is 16.5. The Morgan fingerprint density at radius 3 is 2.53 bits per heavy atom. The van der Waals surface area contributed by atoms with Crippen molar-refractivity contribution in [2.45, 2.75) is 46.6 Å². The first-order valence-electron chi connectivity index (χ1n) is 6.39. The molecule has 96 valence electrons. The maximum Gasteiger partial charge on any atom is 0.160 e.